The van der Waals surface area contributed by atoms with Gasteiger partial charge in [0.2, 0.25) is 0 Å². The van der Waals surface area contributed by atoms with Crippen LogP contribution in [0.25, 0.3) is 0 Å². The normalized spacial score (nSPS) is 10.1. The zero-order chi connectivity index (χ0) is 14.5. The lowest BCUT2D eigenvalue weighted by Crippen LogP contribution is -2.20. The summed E-state index contributed by atoms with van der Waals surface area (Å²) in [5.41, 5.74) is 0.440. The average Bonchev–Trinajstić information content (AvgIpc) is 2.93. The Labute approximate surface area is 118 Å². The minimum absolute atomic E-state index is 0.0551. The van der Waals surface area contributed by atoms with Gasteiger partial charge >= 0.3 is 5.97 Å². The fourth-order valence-electron chi connectivity index (χ4n) is 1.37. The molecule has 0 aliphatic carbocycles. The molecule has 0 saturated heterocycles. The second kappa shape index (κ2) is 6.21. The summed E-state index contributed by atoms with van der Waals surface area (Å²) in [4.78, 5) is 23.0. The monoisotopic (exact) mass is 297 g/mol. The molecule has 0 aliphatic rings. The third-order valence-electron chi connectivity index (χ3n) is 2.30. The quantitative estimate of drug-likeness (QED) is 0.881. The number of esters is 1. The van der Waals surface area contributed by atoms with Crippen molar-refractivity contribution in [1.82, 2.24) is 0 Å². The van der Waals surface area contributed by atoms with Gasteiger partial charge in [-0.2, -0.15) is 0 Å². The van der Waals surface area contributed by atoms with Crippen molar-refractivity contribution in [2.45, 2.75) is 0 Å². The zero-order valence-corrected chi connectivity index (χ0v) is 10.8. The summed E-state index contributed by atoms with van der Waals surface area (Å²) in [7, 11) is 0. The number of halogens is 2. The highest BCUT2D eigenvalue weighted by Crippen LogP contribution is 2.22. The van der Waals surface area contributed by atoms with E-state index in [1.54, 1.807) is 0 Å². The van der Waals surface area contributed by atoms with Gasteiger partial charge in [0, 0.05) is 0 Å². The molecule has 104 valence electrons. The number of carbonyl (C=O) groups excluding carboxylic acids is 2. The van der Waals surface area contributed by atoms with Crippen LogP contribution in [0.3, 0.4) is 0 Å². The van der Waals surface area contributed by atoms with Crippen LogP contribution in [-0.2, 0) is 9.53 Å². The Kier molecular flexibility index (Phi) is 4.37. The third-order valence-corrected chi connectivity index (χ3v) is 2.61. The van der Waals surface area contributed by atoms with E-state index in [2.05, 4.69) is 5.32 Å². The molecule has 2 rings (SSSR count). The Hall–Kier alpha value is -2.34. The summed E-state index contributed by atoms with van der Waals surface area (Å²) in [6, 6.07) is 4.94. The molecular weight excluding hydrogens is 289 g/mol. The van der Waals surface area contributed by atoms with E-state index in [-0.39, 0.29) is 16.3 Å². The van der Waals surface area contributed by atoms with E-state index in [1.807, 2.05) is 0 Å². The number of anilines is 1. The molecule has 0 spiro atoms. The van der Waals surface area contributed by atoms with Gasteiger partial charge in [0.1, 0.15) is 12.1 Å². The number of furan rings is 1. The molecule has 7 heteroatoms. The van der Waals surface area contributed by atoms with Crippen molar-refractivity contribution in [3.63, 3.8) is 0 Å². The molecular formula is C13H9ClFNO4. The molecule has 1 N–H and O–H groups in total. The van der Waals surface area contributed by atoms with Crippen LogP contribution in [0.15, 0.2) is 41.2 Å². The molecule has 0 atom stereocenters. The molecule has 0 fully saturated rings. The SMILES string of the molecule is O=C(COC(=O)c1ccoc1)Nc1ccc(F)cc1Cl. The Balaban J connectivity index is 1.88. The van der Waals surface area contributed by atoms with Crippen LogP contribution >= 0.6 is 11.6 Å². The number of amides is 1. The molecule has 2 aromatic rings. The lowest BCUT2D eigenvalue weighted by Gasteiger charge is -2.07. The van der Waals surface area contributed by atoms with Gasteiger partial charge in [0.05, 0.1) is 22.5 Å². The Morgan fingerprint density at radius 3 is 2.80 bits per heavy atom. The Bertz CT molecular complexity index is 627. The number of benzene rings is 1. The maximum Gasteiger partial charge on any atom is 0.341 e. The van der Waals surface area contributed by atoms with Crippen LogP contribution in [0.5, 0.6) is 0 Å². The average molecular weight is 298 g/mol. The van der Waals surface area contributed by atoms with E-state index >= 15 is 0 Å². The summed E-state index contributed by atoms with van der Waals surface area (Å²) < 4.78 is 22.3. The smallest absolute Gasteiger partial charge is 0.341 e. The highest BCUT2D eigenvalue weighted by molar-refractivity contribution is 6.33. The molecule has 1 heterocycles. The van der Waals surface area contributed by atoms with Gasteiger partial charge in [0.25, 0.3) is 5.91 Å². The summed E-state index contributed by atoms with van der Waals surface area (Å²) in [6.45, 7) is -0.488. The first-order valence-corrected chi connectivity index (χ1v) is 5.88. The fourth-order valence-corrected chi connectivity index (χ4v) is 1.59. The van der Waals surface area contributed by atoms with Gasteiger partial charge in [-0.3, -0.25) is 4.79 Å². The maximum absolute atomic E-state index is 12.8. The van der Waals surface area contributed by atoms with E-state index in [0.717, 1.165) is 12.1 Å². The number of rotatable bonds is 4. The minimum Gasteiger partial charge on any atom is -0.472 e. The van der Waals surface area contributed by atoms with E-state index in [0.29, 0.717) is 0 Å². The molecule has 0 saturated carbocycles. The van der Waals surface area contributed by atoms with Crippen LogP contribution < -0.4 is 5.32 Å². The molecule has 1 aromatic heterocycles. The van der Waals surface area contributed by atoms with E-state index < -0.39 is 24.3 Å². The third kappa shape index (κ3) is 3.58. The Morgan fingerprint density at radius 2 is 2.15 bits per heavy atom. The first-order chi connectivity index (χ1) is 9.56. The van der Waals surface area contributed by atoms with Crippen LogP contribution in [0.2, 0.25) is 5.02 Å². The molecule has 0 radical (unpaired) electrons. The molecule has 20 heavy (non-hydrogen) atoms. The minimum atomic E-state index is -0.681. The van der Waals surface area contributed by atoms with Gasteiger partial charge in [-0.1, -0.05) is 11.6 Å². The predicted molar refractivity (Wildman–Crippen MR) is 69.0 cm³/mol. The lowest BCUT2D eigenvalue weighted by molar-refractivity contribution is -0.119. The van der Waals surface area contributed by atoms with Crippen molar-refractivity contribution < 1.29 is 23.1 Å². The van der Waals surface area contributed by atoms with Crippen molar-refractivity contribution in [1.29, 1.82) is 0 Å². The van der Waals surface area contributed by atoms with Gasteiger partial charge in [-0.25, -0.2) is 9.18 Å². The molecule has 5 nitrogen and oxygen atoms in total. The number of nitrogens with one attached hydrogen (secondary N) is 1. The van der Waals surface area contributed by atoms with Crippen molar-refractivity contribution >= 4 is 29.2 Å². The van der Waals surface area contributed by atoms with Crippen molar-refractivity contribution in [2.24, 2.45) is 0 Å². The first-order valence-electron chi connectivity index (χ1n) is 5.50. The van der Waals surface area contributed by atoms with Crippen LogP contribution in [0.1, 0.15) is 10.4 Å². The highest BCUT2D eigenvalue weighted by Gasteiger charge is 2.12. The topological polar surface area (TPSA) is 68.5 Å². The van der Waals surface area contributed by atoms with Gasteiger partial charge < -0.3 is 14.5 Å². The molecule has 1 aromatic carbocycles. The summed E-state index contributed by atoms with van der Waals surface area (Å²) in [5, 5.41) is 2.45. The molecule has 0 aliphatic heterocycles. The lowest BCUT2D eigenvalue weighted by atomic mass is 10.3. The van der Waals surface area contributed by atoms with Crippen molar-refractivity contribution in [2.75, 3.05) is 11.9 Å². The highest BCUT2D eigenvalue weighted by atomic mass is 35.5. The number of carbonyl (C=O) groups is 2. The summed E-state index contributed by atoms with van der Waals surface area (Å²) >= 11 is 5.74. The number of hydrogen-bond donors (Lipinski definition) is 1. The van der Waals surface area contributed by atoms with Gasteiger partial charge in [0.15, 0.2) is 6.61 Å². The molecule has 0 bridgehead atoms. The second-order valence-corrected chi connectivity index (χ2v) is 4.17. The first kappa shape index (κ1) is 14.1. The number of hydrogen-bond acceptors (Lipinski definition) is 4. The van der Waals surface area contributed by atoms with Crippen LogP contribution in [0, 0.1) is 5.82 Å². The maximum atomic E-state index is 12.8. The fraction of sp³-hybridized carbons (Fsp3) is 0.0769. The van der Waals surface area contributed by atoms with E-state index in [1.165, 1.54) is 24.7 Å². The Morgan fingerprint density at radius 1 is 1.35 bits per heavy atom. The van der Waals surface area contributed by atoms with Crippen LogP contribution in [0.4, 0.5) is 10.1 Å². The van der Waals surface area contributed by atoms with Crippen molar-refractivity contribution in [3.8, 4) is 0 Å². The zero-order valence-electron chi connectivity index (χ0n) is 10.1. The van der Waals surface area contributed by atoms with Gasteiger partial charge in [-0.15, -0.1) is 0 Å². The predicted octanol–water partition coefficient (Wildman–Crippen LogP) is 2.87. The standard InChI is InChI=1S/C13H9ClFNO4/c14-10-5-9(15)1-2-11(10)16-12(17)7-20-13(18)8-3-4-19-6-8/h1-6H,7H2,(H,16,17). The summed E-state index contributed by atoms with van der Waals surface area (Å²) in [6.07, 6.45) is 2.52. The second-order valence-electron chi connectivity index (χ2n) is 3.76. The van der Waals surface area contributed by atoms with Gasteiger partial charge in [-0.05, 0) is 24.3 Å². The van der Waals surface area contributed by atoms with Crippen LogP contribution in [-0.4, -0.2) is 18.5 Å². The number of ether oxygens (including phenoxy) is 1. The van der Waals surface area contributed by atoms with Crippen molar-refractivity contribution in [3.05, 3.63) is 53.2 Å². The molecule has 1 amide bonds. The molecule has 0 unspecified atom stereocenters. The largest absolute Gasteiger partial charge is 0.472 e. The summed E-state index contributed by atoms with van der Waals surface area (Å²) in [5.74, 6) is -1.78. The van der Waals surface area contributed by atoms with E-state index in [9.17, 15) is 14.0 Å². The van der Waals surface area contributed by atoms with E-state index in [4.69, 9.17) is 20.8 Å².